The van der Waals surface area contributed by atoms with E-state index >= 15 is 0 Å². The lowest BCUT2D eigenvalue weighted by Crippen LogP contribution is -2.58. The van der Waals surface area contributed by atoms with E-state index in [9.17, 15) is 19.2 Å². The van der Waals surface area contributed by atoms with E-state index in [1.54, 1.807) is 36.4 Å². The zero-order chi connectivity index (χ0) is 22.0. The molecule has 1 atom stereocenters. The first-order valence-corrected chi connectivity index (χ1v) is 9.52. The maximum atomic E-state index is 12.8. The molecule has 3 aromatic rings. The number of fused-ring (bicyclic) bond motifs is 1. The first-order valence-electron chi connectivity index (χ1n) is 9.52. The van der Waals surface area contributed by atoms with E-state index in [1.165, 1.54) is 0 Å². The number of carbonyl (C=O) groups excluding carboxylic acids is 4. The molecule has 1 aliphatic heterocycles. The predicted octanol–water partition coefficient (Wildman–Crippen LogP) is 2.76. The lowest BCUT2D eigenvalue weighted by atomic mass is 10.0. The molecule has 0 radical (unpaired) electrons. The van der Waals surface area contributed by atoms with Crippen LogP contribution in [0.5, 0.6) is 0 Å². The third-order valence-corrected chi connectivity index (χ3v) is 4.92. The molecule has 1 aliphatic rings. The van der Waals surface area contributed by atoms with Crippen molar-refractivity contribution in [1.29, 1.82) is 0 Å². The van der Waals surface area contributed by atoms with E-state index in [2.05, 4.69) is 15.8 Å². The van der Waals surface area contributed by atoms with Crippen molar-refractivity contribution in [2.75, 3.05) is 4.90 Å². The van der Waals surface area contributed by atoms with Crippen LogP contribution in [0.2, 0.25) is 0 Å². The molecule has 0 spiro atoms. The number of imide groups is 2. The molecule has 3 aromatic carbocycles. The highest BCUT2D eigenvalue weighted by Crippen LogP contribution is 2.21. The molecule has 0 bridgehead atoms. The maximum absolute atomic E-state index is 12.8. The van der Waals surface area contributed by atoms with Gasteiger partial charge in [0.05, 0.1) is 5.69 Å². The summed E-state index contributed by atoms with van der Waals surface area (Å²) in [5.41, 5.74) is 4.05. The van der Waals surface area contributed by atoms with Crippen LogP contribution in [0, 0.1) is 12.8 Å². The van der Waals surface area contributed by atoms with Crippen molar-refractivity contribution < 1.29 is 19.2 Å². The van der Waals surface area contributed by atoms with Crippen molar-refractivity contribution in [3.05, 3.63) is 77.9 Å². The highest BCUT2D eigenvalue weighted by atomic mass is 16.2. The van der Waals surface area contributed by atoms with Crippen molar-refractivity contribution >= 4 is 46.4 Å². The number of carbonyl (C=O) groups is 4. The predicted molar refractivity (Wildman–Crippen MR) is 116 cm³/mol. The van der Waals surface area contributed by atoms with Crippen molar-refractivity contribution in [3.63, 3.8) is 0 Å². The molecule has 31 heavy (non-hydrogen) atoms. The standard InChI is InChI=1S/C23H18N4O4/c1-14-9-11-16(12-10-14)27-22(30)19(20(28)25-23(27)31)13-24-26-21(29)18-8-4-6-15-5-2-3-7-17(15)18/h2-13,19H,1H3,(H,26,29)(H,25,28,31)/b24-13-/t19-/m0/s1. The number of nitrogens with one attached hydrogen (secondary N) is 2. The number of nitrogens with zero attached hydrogens (tertiary/aromatic N) is 2. The molecule has 4 rings (SSSR count). The molecule has 154 valence electrons. The second-order valence-corrected chi connectivity index (χ2v) is 7.03. The van der Waals surface area contributed by atoms with Crippen LogP contribution in [-0.2, 0) is 9.59 Å². The van der Waals surface area contributed by atoms with Gasteiger partial charge in [0, 0.05) is 11.8 Å². The fourth-order valence-corrected chi connectivity index (χ4v) is 3.31. The van der Waals surface area contributed by atoms with Crippen LogP contribution in [0.3, 0.4) is 0 Å². The van der Waals surface area contributed by atoms with Gasteiger partial charge in [-0.25, -0.2) is 15.1 Å². The quantitative estimate of drug-likeness (QED) is 0.389. The van der Waals surface area contributed by atoms with E-state index in [0.717, 1.165) is 27.5 Å². The smallest absolute Gasteiger partial charge is 0.276 e. The fraction of sp³-hybridized carbons (Fsp3) is 0.0870. The fourth-order valence-electron chi connectivity index (χ4n) is 3.31. The Hall–Kier alpha value is -4.33. The number of hydrogen-bond donors (Lipinski definition) is 2. The van der Waals surface area contributed by atoms with Crippen LogP contribution >= 0.6 is 0 Å². The number of rotatable bonds is 4. The monoisotopic (exact) mass is 414 g/mol. The van der Waals surface area contributed by atoms with Crippen LogP contribution in [0.4, 0.5) is 10.5 Å². The van der Waals surface area contributed by atoms with Gasteiger partial charge in [-0.3, -0.25) is 19.7 Å². The number of hydrogen-bond acceptors (Lipinski definition) is 5. The average molecular weight is 414 g/mol. The SMILES string of the molecule is Cc1ccc(N2C(=O)NC(=O)[C@H](/C=N\NC(=O)c3cccc4ccccc34)C2=O)cc1. The maximum Gasteiger partial charge on any atom is 0.335 e. The first-order chi connectivity index (χ1) is 15.0. The molecule has 0 aliphatic carbocycles. The number of amides is 5. The molecule has 1 heterocycles. The van der Waals surface area contributed by atoms with Crippen LogP contribution in [0.1, 0.15) is 15.9 Å². The topological polar surface area (TPSA) is 108 Å². The molecule has 8 nitrogen and oxygen atoms in total. The van der Waals surface area contributed by atoms with Gasteiger partial charge in [-0.2, -0.15) is 5.10 Å². The van der Waals surface area contributed by atoms with Crippen LogP contribution in [-0.4, -0.2) is 30.0 Å². The minimum atomic E-state index is -1.35. The minimum absolute atomic E-state index is 0.332. The lowest BCUT2D eigenvalue weighted by molar-refractivity contribution is -0.131. The second-order valence-electron chi connectivity index (χ2n) is 7.03. The van der Waals surface area contributed by atoms with Crippen molar-refractivity contribution in [2.24, 2.45) is 11.0 Å². The molecule has 5 amide bonds. The number of hydrazone groups is 1. The number of anilines is 1. The van der Waals surface area contributed by atoms with E-state index in [1.807, 2.05) is 37.3 Å². The minimum Gasteiger partial charge on any atom is -0.276 e. The summed E-state index contributed by atoms with van der Waals surface area (Å²) in [6.45, 7) is 1.87. The van der Waals surface area contributed by atoms with Crippen LogP contribution in [0.15, 0.2) is 71.8 Å². The number of aryl methyl sites for hydroxylation is 1. The normalized spacial score (nSPS) is 16.6. The molecule has 8 heteroatoms. The molecule has 0 aromatic heterocycles. The van der Waals surface area contributed by atoms with Gasteiger partial charge in [0.15, 0.2) is 5.92 Å². The molecular formula is C23H18N4O4. The zero-order valence-electron chi connectivity index (χ0n) is 16.5. The third-order valence-electron chi connectivity index (χ3n) is 4.92. The second kappa shape index (κ2) is 8.19. The first kappa shape index (κ1) is 20.0. The Labute approximate surface area is 177 Å². The number of benzene rings is 3. The summed E-state index contributed by atoms with van der Waals surface area (Å²) >= 11 is 0. The van der Waals surface area contributed by atoms with Crippen molar-refractivity contribution in [3.8, 4) is 0 Å². The molecule has 2 N–H and O–H groups in total. The molecule has 1 fully saturated rings. The molecule has 0 unspecified atom stereocenters. The molecule has 1 saturated heterocycles. The summed E-state index contributed by atoms with van der Waals surface area (Å²) in [5.74, 6) is -3.39. The summed E-state index contributed by atoms with van der Waals surface area (Å²) in [6, 6.07) is 18.6. The highest BCUT2D eigenvalue weighted by molar-refractivity contribution is 6.32. The summed E-state index contributed by atoms with van der Waals surface area (Å²) in [7, 11) is 0. The van der Waals surface area contributed by atoms with Gasteiger partial charge in [0.2, 0.25) is 5.91 Å². The van der Waals surface area contributed by atoms with Crippen molar-refractivity contribution in [2.45, 2.75) is 6.92 Å². The van der Waals surface area contributed by atoms with E-state index in [4.69, 9.17) is 0 Å². The highest BCUT2D eigenvalue weighted by Gasteiger charge is 2.40. The van der Waals surface area contributed by atoms with Crippen LogP contribution in [0.25, 0.3) is 10.8 Å². The molecule has 0 saturated carbocycles. The third kappa shape index (κ3) is 3.91. The Morgan fingerprint density at radius 1 is 1.00 bits per heavy atom. The van der Waals surface area contributed by atoms with Gasteiger partial charge in [-0.05, 0) is 35.9 Å². The van der Waals surface area contributed by atoms with Gasteiger partial charge in [-0.15, -0.1) is 0 Å². The lowest BCUT2D eigenvalue weighted by Gasteiger charge is -2.28. The summed E-state index contributed by atoms with van der Waals surface area (Å²) in [4.78, 5) is 50.6. The van der Waals surface area contributed by atoms with E-state index < -0.39 is 29.7 Å². The summed E-state index contributed by atoms with van der Waals surface area (Å²) < 4.78 is 0. The Kier molecular flexibility index (Phi) is 5.28. The van der Waals surface area contributed by atoms with E-state index in [-0.39, 0.29) is 0 Å². The Morgan fingerprint density at radius 3 is 2.48 bits per heavy atom. The summed E-state index contributed by atoms with van der Waals surface area (Å²) in [5, 5.41) is 7.59. The van der Waals surface area contributed by atoms with Gasteiger partial charge < -0.3 is 0 Å². The van der Waals surface area contributed by atoms with Gasteiger partial charge in [0.1, 0.15) is 0 Å². The zero-order valence-corrected chi connectivity index (χ0v) is 16.5. The van der Waals surface area contributed by atoms with Crippen LogP contribution < -0.4 is 15.6 Å². The van der Waals surface area contributed by atoms with E-state index in [0.29, 0.717) is 11.3 Å². The molecular weight excluding hydrogens is 396 g/mol. The van der Waals surface area contributed by atoms with Gasteiger partial charge in [-0.1, -0.05) is 54.1 Å². The Bertz CT molecular complexity index is 1230. The van der Waals surface area contributed by atoms with Gasteiger partial charge in [0.25, 0.3) is 11.8 Å². The summed E-state index contributed by atoms with van der Waals surface area (Å²) in [6.07, 6.45) is 1.02. The largest absolute Gasteiger partial charge is 0.335 e. The average Bonchev–Trinajstić information content (AvgIpc) is 2.76. The van der Waals surface area contributed by atoms with Crippen molar-refractivity contribution in [1.82, 2.24) is 10.7 Å². The Morgan fingerprint density at radius 2 is 1.71 bits per heavy atom. The Balaban J connectivity index is 1.53. The number of barbiturate groups is 1. The van der Waals surface area contributed by atoms with Gasteiger partial charge >= 0.3 is 6.03 Å². The number of urea groups is 1.